The summed E-state index contributed by atoms with van der Waals surface area (Å²) in [6.45, 7) is 17.1. The van der Waals surface area contributed by atoms with E-state index in [1.807, 2.05) is 72.8 Å². The summed E-state index contributed by atoms with van der Waals surface area (Å²) < 4.78 is 65.2. The number of ether oxygens (including phenoxy) is 12. The zero-order valence-corrected chi connectivity index (χ0v) is 60.3. The fourth-order valence-electron chi connectivity index (χ4n) is 11.9. The molecule has 23 heteroatoms. The van der Waals surface area contributed by atoms with E-state index in [4.69, 9.17) is 68.3 Å². The number of nitrogens with two attached hydrogens (primary N) is 2. The zero-order valence-electron chi connectivity index (χ0n) is 60.3. The van der Waals surface area contributed by atoms with Gasteiger partial charge in [-0.3, -0.25) is 29.3 Å². The van der Waals surface area contributed by atoms with E-state index in [9.17, 15) is 38.4 Å². The Hall–Kier alpha value is -11.9. The van der Waals surface area contributed by atoms with Crippen LogP contribution in [-0.2, 0) is 57.2 Å². The van der Waals surface area contributed by atoms with E-state index in [1.54, 1.807) is 130 Å². The fourth-order valence-corrected chi connectivity index (χ4v) is 11.9. The second-order valence-corrected chi connectivity index (χ2v) is 23.9. The molecule has 23 nitrogen and oxygen atoms in total. The van der Waals surface area contributed by atoms with Crippen molar-refractivity contribution in [2.24, 2.45) is 11.5 Å². The van der Waals surface area contributed by atoms with Crippen molar-refractivity contribution in [3.63, 3.8) is 0 Å². The van der Waals surface area contributed by atoms with Gasteiger partial charge in [-0.05, 0) is 154 Å². The maximum atomic E-state index is 13.3. The van der Waals surface area contributed by atoms with E-state index < -0.39 is 59.5 Å². The normalized spacial score (nSPS) is 14.6. The van der Waals surface area contributed by atoms with Crippen molar-refractivity contribution < 1.29 is 95.2 Å². The minimum Gasteiger partial charge on any atom is -0.497 e. The third-order valence-electron chi connectivity index (χ3n) is 16.9. The topological polar surface area (TPSA) is 311 Å². The first-order valence-corrected chi connectivity index (χ1v) is 34.1. The molecule has 0 aromatic heterocycles. The molecule has 3 aliphatic rings. The van der Waals surface area contributed by atoms with Crippen LogP contribution in [0.3, 0.4) is 0 Å². The third kappa shape index (κ3) is 19.0. The van der Waals surface area contributed by atoms with Gasteiger partial charge in [0.25, 0.3) is 5.91 Å². The van der Waals surface area contributed by atoms with Gasteiger partial charge >= 0.3 is 35.8 Å². The molecule has 0 radical (unpaired) electrons. The smallest absolute Gasteiger partial charge is 0.340 e. The Bertz CT molecular complexity index is 4400. The van der Waals surface area contributed by atoms with Crippen LogP contribution in [0.2, 0.25) is 0 Å². The predicted octanol–water partition coefficient (Wildman–Crippen LogP) is 13.4. The van der Waals surface area contributed by atoms with Crippen molar-refractivity contribution in [3.8, 4) is 67.9 Å². The summed E-state index contributed by atoms with van der Waals surface area (Å²) >= 11 is 0. The highest BCUT2D eigenvalue weighted by atomic mass is 16.6. The van der Waals surface area contributed by atoms with Crippen LogP contribution in [0, 0.1) is 0 Å². The largest absolute Gasteiger partial charge is 0.497 e. The number of benzene rings is 7. The first-order chi connectivity index (χ1) is 50.0. The molecule has 5 N–H and O–H groups in total. The summed E-state index contributed by atoms with van der Waals surface area (Å²) in [5.74, 6) is -2.61. The number of hydrogen-bond acceptors (Lipinski definition) is 22. The lowest BCUT2D eigenvalue weighted by molar-refractivity contribution is -0.145. The number of esters is 6. The second kappa shape index (κ2) is 36.6. The molecule has 0 aliphatic carbocycles. The number of hydrogen-bond donors (Lipinski definition) is 3. The fraction of sp³-hybridized carbons (Fsp3) is 0.309. The third-order valence-corrected chi connectivity index (χ3v) is 16.9. The average Bonchev–Trinajstić information content (AvgIpc) is 0.776. The Morgan fingerprint density at radius 1 is 0.423 bits per heavy atom. The molecule has 104 heavy (non-hydrogen) atoms. The van der Waals surface area contributed by atoms with Gasteiger partial charge in [-0.1, -0.05) is 86.6 Å². The van der Waals surface area contributed by atoms with Crippen molar-refractivity contribution in [2.75, 3.05) is 61.0 Å². The molecule has 7 aromatic carbocycles. The molecule has 0 saturated heterocycles. The number of rotatable bonds is 25. The number of fused-ring (bicyclic) bond motifs is 3. The van der Waals surface area contributed by atoms with E-state index in [-0.39, 0.29) is 99.1 Å². The van der Waals surface area contributed by atoms with Gasteiger partial charge in [-0.25, -0.2) is 14.4 Å². The number of nitrogens with one attached hydrogen (secondary N) is 1. The molecule has 3 atom stereocenters. The maximum absolute atomic E-state index is 13.3. The van der Waals surface area contributed by atoms with E-state index in [2.05, 4.69) is 25.2 Å². The minimum atomic E-state index is -0.819. The maximum Gasteiger partial charge on any atom is 0.340 e. The molecule has 0 bridgehead atoms. The molecule has 1 amide bonds. The van der Waals surface area contributed by atoms with Crippen LogP contribution < -0.4 is 45.2 Å². The molecule has 3 heterocycles. The van der Waals surface area contributed by atoms with Gasteiger partial charge in [0, 0.05) is 57.2 Å². The van der Waals surface area contributed by atoms with Crippen LogP contribution in [0.1, 0.15) is 148 Å². The lowest BCUT2D eigenvalue weighted by atomic mass is 9.84. The monoisotopic (exact) mass is 1420 g/mol. The molecule has 0 saturated carbocycles. The van der Waals surface area contributed by atoms with Crippen molar-refractivity contribution in [3.05, 3.63) is 213 Å². The average molecular weight is 1420 g/mol. The van der Waals surface area contributed by atoms with Crippen molar-refractivity contribution >= 4 is 47.5 Å². The molecule has 0 fully saturated rings. The Balaban J connectivity index is 0.000000199. The van der Waals surface area contributed by atoms with Gasteiger partial charge in [0.2, 0.25) is 17.6 Å². The quantitative estimate of drug-likeness (QED) is 0.0272. The van der Waals surface area contributed by atoms with Crippen LogP contribution in [-0.4, -0.2) is 108 Å². The molecule has 546 valence electrons. The molecule has 0 spiro atoms. The van der Waals surface area contributed by atoms with Gasteiger partial charge < -0.3 is 68.3 Å². The number of carbonyl (C=O) groups is 8. The summed E-state index contributed by atoms with van der Waals surface area (Å²) in [4.78, 5) is 101. The number of carbonyl (C=O) groups excluding carboxylic acids is 8. The van der Waals surface area contributed by atoms with Gasteiger partial charge in [-0.2, -0.15) is 0 Å². The van der Waals surface area contributed by atoms with E-state index in [0.29, 0.717) is 62.5 Å². The molecule has 10 rings (SSSR count). The van der Waals surface area contributed by atoms with Crippen LogP contribution in [0.5, 0.6) is 34.5 Å². The summed E-state index contributed by atoms with van der Waals surface area (Å²) in [6.07, 6.45) is -0.314. The second-order valence-electron chi connectivity index (χ2n) is 23.9. The highest BCUT2D eigenvalue weighted by molar-refractivity contribution is 5.99. The number of methoxy groups -OCH3 is 3. The molecule has 3 unspecified atom stereocenters. The van der Waals surface area contributed by atoms with Gasteiger partial charge in [0.1, 0.15) is 51.2 Å². The van der Waals surface area contributed by atoms with E-state index in [1.165, 1.54) is 6.92 Å². The van der Waals surface area contributed by atoms with Crippen LogP contribution >= 0.6 is 0 Å². The van der Waals surface area contributed by atoms with Gasteiger partial charge in [-0.15, -0.1) is 0 Å². The predicted molar refractivity (Wildman–Crippen MR) is 387 cm³/mol. The Kier molecular flexibility index (Phi) is 27.4. The van der Waals surface area contributed by atoms with Crippen molar-refractivity contribution in [1.29, 1.82) is 0 Å². The standard InChI is InChI=1S/C31H31NO8.C26H31NO6.C24H25NO6/c1-5-38-27(33)18-25-24-16-20(21-14-22(36-3)17-23(15-21)37-4)12-13-26(24)40-30(28(25)31(35)39-6-2)32-29(34)19-10-8-7-9-11-19;1-6-31-23(28)14-20-19-12-17(18-10-8-16(15(3)4)13-22(18)30-5)9-11-21(19)33-25(27)24(20)26(29)32-7-2;1-4-29-21(27)13-19-18-12-17(16-8-6-15(7-9-16)14(3)26)10-11-20(18)31-23(25)22(19)24(28)30-5-2/h7-17,25H,5-6,18H2,1-4H3,(H,32,34);8-13,15,20H,6-7,14,27H2,1-5H3;6-12,19H,4-5,13,25H2,1-3H3. The lowest BCUT2D eigenvalue weighted by Gasteiger charge is -2.29. The van der Waals surface area contributed by atoms with Crippen LogP contribution in [0.25, 0.3) is 33.4 Å². The Labute approximate surface area is 604 Å². The van der Waals surface area contributed by atoms with Crippen molar-refractivity contribution in [1.82, 2.24) is 5.32 Å². The summed E-state index contributed by atoms with van der Waals surface area (Å²) in [5, 5.41) is 2.71. The SMILES string of the molecule is CCOC(=O)CC1C(C(=O)OCC)=C(N)Oc2ccc(-c3ccc(C(C)=O)cc3)cc21.CCOC(=O)CC1C(C(=O)OCC)=C(N)Oc2ccc(-c3ccc(C(C)C)cc3OC)cc21.CCOC(=O)CC1C(C(=O)OCC)=C(NC(=O)c2ccccc2)Oc2ccc(-c3cc(OC)cc(OC)c3)cc21. The highest BCUT2D eigenvalue weighted by Gasteiger charge is 2.40. The van der Waals surface area contributed by atoms with Crippen molar-refractivity contribution in [2.45, 2.75) is 105 Å². The van der Waals surface area contributed by atoms with Gasteiger partial charge in [0.15, 0.2) is 5.78 Å². The number of ketones is 1. The number of Topliss-reactive ketones (excluding diaryl/α,β-unsaturated/α-hetero) is 1. The lowest BCUT2D eigenvalue weighted by Crippen LogP contribution is -2.34. The zero-order chi connectivity index (χ0) is 75.3. The Morgan fingerprint density at radius 3 is 1.27 bits per heavy atom. The first kappa shape index (κ1) is 77.9. The Morgan fingerprint density at radius 2 is 0.837 bits per heavy atom. The molecule has 7 aromatic rings. The first-order valence-electron chi connectivity index (χ1n) is 34.1. The van der Waals surface area contributed by atoms with Gasteiger partial charge in [0.05, 0.1) is 80.2 Å². The summed E-state index contributed by atoms with van der Waals surface area (Å²) in [5.41, 5.74) is 21.4. The molecular formula is C81H87N3O20. The van der Waals surface area contributed by atoms with Crippen LogP contribution in [0.4, 0.5) is 0 Å². The molecule has 3 aliphatic heterocycles. The molecular weight excluding hydrogens is 1330 g/mol. The number of amides is 1. The van der Waals surface area contributed by atoms with E-state index >= 15 is 0 Å². The van der Waals surface area contributed by atoms with Crippen LogP contribution in [0.15, 0.2) is 180 Å². The summed E-state index contributed by atoms with van der Waals surface area (Å²) in [7, 11) is 4.77. The summed E-state index contributed by atoms with van der Waals surface area (Å²) in [6, 6.07) is 43.7. The minimum absolute atomic E-state index is 0.0143. The highest BCUT2D eigenvalue weighted by Crippen LogP contribution is 2.47. The van der Waals surface area contributed by atoms with E-state index in [0.717, 1.165) is 44.7 Å².